The summed E-state index contributed by atoms with van der Waals surface area (Å²) in [7, 11) is 7.43. The fourth-order valence-electron chi connectivity index (χ4n) is 14.5. The summed E-state index contributed by atoms with van der Waals surface area (Å²) in [6.45, 7) is 25.2. The van der Waals surface area contributed by atoms with Crippen LogP contribution in [0.25, 0.3) is 22.4 Å². The van der Waals surface area contributed by atoms with Gasteiger partial charge in [-0.2, -0.15) is 5.26 Å². The summed E-state index contributed by atoms with van der Waals surface area (Å²) < 4.78 is 22.5. The number of nitrogens with two attached hydrogens (primary N) is 1. The Morgan fingerprint density at radius 1 is 0.748 bits per heavy atom. The molecule has 2 aromatic heterocycles. The first-order valence-corrected chi connectivity index (χ1v) is 41.3. The third-order valence-corrected chi connectivity index (χ3v) is 26.5. The minimum atomic E-state index is -2.21. The lowest BCUT2D eigenvalue weighted by Gasteiger charge is -2.38. The Morgan fingerprint density at radius 2 is 1.40 bits per heavy atom. The fraction of sp³-hybridized carbons (Fsp3) is 0.402. The van der Waals surface area contributed by atoms with E-state index in [0.29, 0.717) is 111 Å². The van der Waals surface area contributed by atoms with Gasteiger partial charge in [0, 0.05) is 103 Å². The molecule has 1 aliphatic heterocycles. The number of halogens is 1. The van der Waals surface area contributed by atoms with Crippen LogP contribution in [-0.4, -0.2) is 138 Å². The molecule has 3 heterocycles. The highest BCUT2D eigenvalue weighted by atomic mass is 35.5. The number of benzene rings is 6. The van der Waals surface area contributed by atoms with E-state index >= 15 is 9.59 Å². The summed E-state index contributed by atoms with van der Waals surface area (Å²) >= 11 is 6.93. The number of hydrogen-bond acceptors (Lipinski definition) is 11. The number of primary amides is 1. The van der Waals surface area contributed by atoms with Gasteiger partial charge in [-0.25, -0.2) is 14.4 Å². The van der Waals surface area contributed by atoms with Crippen molar-refractivity contribution >= 4 is 78.8 Å². The number of nitrogens with one attached hydrogen (secondary N) is 4. The van der Waals surface area contributed by atoms with E-state index < -0.39 is 62.0 Å². The molecular weight excluding hydrogens is 1440 g/mol. The van der Waals surface area contributed by atoms with Crippen LogP contribution in [-0.2, 0) is 59.2 Å². The lowest BCUT2D eigenvalue weighted by Crippen LogP contribution is -2.55. The van der Waals surface area contributed by atoms with Crippen molar-refractivity contribution in [1.29, 1.82) is 5.26 Å². The molecule has 0 saturated heterocycles. The van der Waals surface area contributed by atoms with Crippen molar-refractivity contribution < 1.29 is 51.9 Å². The molecule has 1 aliphatic carbocycles. The number of hydrogen-bond donors (Lipinski definition) is 5. The number of quaternary nitrogens is 1. The van der Waals surface area contributed by atoms with E-state index in [-0.39, 0.29) is 61.4 Å². The summed E-state index contributed by atoms with van der Waals surface area (Å²) in [5, 5.41) is 21.7. The summed E-state index contributed by atoms with van der Waals surface area (Å²) in [6, 6.07) is 45.6. The van der Waals surface area contributed by atoms with Crippen LogP contribution >= 0.6 is 11.6 Å². The molecular formula is C87H108ClN12O10Si+. The largest absolute Gasteiger partial charge is 0.544 e. The van der Waals surface area contributed by atoms with E-state index in [1.807, 2.05) is 109 Å². The number of fused-ring (bicyclic) bond motifs is 4. The third kappa shape index (κ3) is 19.6. The maximum absolute atomic E-state index is 15.8. The second kappa shape index (κ2) is 34.3. The topological polar surface area (TPSA) is 265 Å². The molecule has 0 saturated carbocycles. The molecule has 6 N–H and O–H groups in total. The first kappa shape index (κ1) is 82.8. The van der Waals surface area contributed by atoms with Crippen molar-refractivity contribution in [2.24, 2.45) is 25.7 Å². The Bertz CT molecular complexity index is 4800. The smallest absolute Gasteiger partial charge is 0.409 e. The van der Waals surface area contributed by atoms with E-state index in [2.05, 4.69) is 112 Å². The molecule has 0 bridgehead atoms. The molecule has 8 aromatic rings. The number of rotatable bonds is 27. The Hall–Kier alpha value is -10.7. The van der Waals surface area contributed by atoms with Gasteiger partial charge < -0.3 is 64.3 Å². The number of anilines is 3. The average Bonchev–Trinajstić information content (AvgIpc) is 1.66. The lowest BCUT2D eigenvalue weighted by atomic mass is 9.90. The van der Waals surface area contributed by atoms with E-state index in [1.54, 1.807) is 88.5 Å². The standard InChI is InChI=1S/C87H107ClN12O10Si/c1-54(2)78(94-84(106)109-86(5,6)7)80(102)93-75(33-24-42-91-83(90)105)79(101)92-62-36-34-59(60(44-62)50-95(11)85(107)108-53-74-69-31-22-20-29-67(69)68-30-21-23-32-70(68)74)52-100(14,15)43-25-28-64-45-57-26-18-19-27-58(57)51-98(64)81(103)71-41-35-61(88)46-73(71)77-48-72(55(3)97(77)13)82(104)99(76-47-65(49-89)96(12)56(76)4)63-37-39-66(40-38-63)110-111(16,17)87(8,9)10/h18-23,26-27,29-32,34-41,44,46-48,54,64,74-75,78H,24-25,28,33,42-43,45,50-53H2,1-17H3,(H5-,90,91,92,93,94,101,102,105,106)/p+1/t64-,75-,78-/m1/s1. The summed E-state index contributed by atoms with van der Waals surface area (Å²) in [6.07, 6.45) is 0.971. The van der Waals surface area contributed by atoms with Crippen molar-refractivity contribution in [3.8, 4) is 34.2 Å². The van der Waals surface area contributed by atoms with Crippen LogP contribution in [0.4, 0.5) is 31.4 Å². The zero-order valence-electron chi connectivity index (χ0n) is 67.2. The van der Waals surface area contributed by atoms with Gasteiger partial charge in [0.2, 0.25) is 20.1 Å². The molecule has 3 atom stereocenters. The molecule has 10 rings (SSSR count). The molecule has 8 amide bonds. The molecule has 0 radical (unpaired) electrons. The molecule has 111 heavy (non-hydrogen) atoms. The highest BCUT2D eigenvalue weighted by Gasteiger charge is 2.40. The van der Waals surface area contributed by atoms with Crippen molar-refractivity contribution in [2.45, 2.75) is 169 Å². The number of nitriles is 1. The Kier molecular flexibility index (Phi) is 25.6. The van der Waals surface area contributed by atoms with Gasteiger partial charge in [-0.1, -0.05) is 125 Å². The predicted octanol–water partition coefficient (Wildman–Crippen LogP) is 16.0. The molecule has 0 fully saturated rings. The number of aromatic nitrogens is 2. The van der Waals surface area contributed by atoms with E-state index in [9.17, 15) is 29.2 Å². The molecule has 24 heteroatoms. The molecule has 6 aromatic carbocycles. The minimum absolute atomic E-state index is 0.0439. The van der Waals surface area contributed by atoms with Crippen LogP contribution in [0.15, 0.2) is 146 Å². The Labute approximate surface area is 659 Å². The van der Waals surface area contributed by atoms with Gasteiger partial charge in [-0.15, -0.1) is 0 Å². The number of ether oxygens (including phenoxy) is 2. The zero-order chi connectivity index (χ0) is 80.8. The monoisotopic (exact) mass is 1540 g/mol. The normalized spacial score (nSPS) is 14.1. The highest BCUT2D eigenvalue weighted by Crippen LogP contribution is 2.46. The van der Waals surface area contributed by atoms with Crippen LogP contribution in [0, 0.1) is 31.1 Å². The number of urea groups is 1. The van der Waals surface area contributed by atoms with Crippen LogP contribution in [0.5, 0.6) is 5.75 Å². The average molecular weight is 1550 g/mol. The van der Waals surface area contributed by atoms with Crippen molar-refractivity contribution in [3.63, 3.8) is 0 Å². The summed E-state index contributed by atoms with van der Waals surface area (Å²) in [5.74, 6) is -1.57. The van der Waals surface area contributed by atoms with Gasteiger partial charge in [0.15, 0.2) is 0 Å². The van der Waals surface area contributed by atoms with Crippen LogP contribution in [0.1, 0.15) is 158 Å². The molecule has 2 aliphatic rings. The van der Waals surface area contributed by atoms with Gasteiger partial charge in [-0.05, 0) is 196 Å². The molecule has 0 spiro atoms. The van der Waals surface area contributed by atoms with Crippen molar-refractivity contribution in [1.82, 2.24) is 34.9 Å². The Morgan fingerprint density at radius 3 is 2.02 bits per heavy atom. The number of nitrogens with zero attached hydrogens (tertiary/aromatic N) is 7. The van der Waals surface area contributed by atoms with Gasteiger partial charge in [0.1, 0.15) is 48.3 Å². The molecule has 586 valence electrons. The SMILES string of the molecule is Cc1c(N(C(=O)c2cc(-c3cc(Cl)ccc3C(=O)N3Cc4ccccc4C[C@H]3CCC[N+](C)(C)Cc3ccc(NC(=O)[C@@H](CCCNC(N)=O)NC(=O)[C@H](NC(=O)OC(C)(C)C)C(C)C)cc3CN(C)C(=O)OCC3c4ccccc4-c4ccccc43)n(C)c2C)c2ccc(O[Si](C)(C)C(C)(C)C)cc2)cc(C#N)n1C. The lowest BCUT2D eigenvalue weighted by molar-refractivity contribution is -0.903. The first-order valence-electron chi connectivity index (χ1n) is 38.0. The van der Waals surface area contributed by atoms with Crippen LogP contribution in [0.2, 0.25) is 23.2 Å². The quantitative estimate of drug-likeness (QED) is 0.0184. The van der Waals surface area contributed by atoms with E-state index in [4.69, 9.17) is 31.2 Å². The Balaban J connectivity index is 0.909. The maximum atomic E-state index is 15.8. The third-order valence-electron chi connectivity index (χ3n) is 21.9. The van der Waals surface area contributed by atoms with Crippen molar-refractivity contribution in [2.75, 3.05) is 51.1 Å². The second-order valence-corrected chi connectivity index (χ2v) is 38.1. The van der Waals surface area contributed by atoms with Crippen molar-refractivity contribution in [3.05, 3.63) is 212 Å². The number of carbonyl (C=O) groups is 7. The summed E-state index contributed by atoms with van der Waals surface area (Å²) in [5.41, 5.74) is 18.0. The summed E-state index contributed by atoms with van der Waals surface area (Å²) in [4.78, 5) is 104. The van der Waals surface area contributed by atoms with E-state index in [0.717, 1.165) is 44.5 Å². The molecule has 22 nitrogen and oxygen atoms in total. The molecule has 0 unspecified atom stereocenters. The fourth-order valence-corrected chi connectivity index (χ4v) is 15.7. The number of alkyl carbamates (subject to hydrolysis) is 1. The predicted molar refractivity (Wildman–Crippen MR) is 438 cm³/mol. The zero-order valence-corrected chi connectivity index (χ0v) is 68.9. The number of carbonyl (C=O) groups excluding carboxylic acids is 7. The minimum Gasteiger partial charge on any atom is -0.544 e. The van der Waals surface area contributed by atoms with Gasteiger partial charge in [-0.3, -0.25) is 24.1 Å². The van der Waals surface area contributed by atoms with E-state index in [1.165, 1.54) is 4.90 Å². The van der Waals surface area contributed by atoms with Gasteiger partial charge >= 0.3 is 18.2 Å². The van der Waals surface area contributed by atoms with Crippen LogP contribution in [0.3, 0.4) is 0 Å². The first-order chi connectivity index (χ1) is 52.3. The number of amides is 8. The second-order valence-electron chi connectivity index (χ2n) is 33.0. The highest BCUT2D eigenvalue weighted by molar-refractivity contribution is 6.74. The van der Waals surface area contributed by atoms with Gasteiger partial charge in [0.25, 0.3) is 11.8 Å². The van der Waals surface area contributed by atoms with Crippen LogP contribution < -0.4 is 36.3 Å². The van der Waals surface area contributed by atoms with Gasteiger partial charge in [0.05, 0.1) is 31.9 Å². The maximum Gasteiger partial charge on any atom is 0.409 e.